The molecule has 0 saturated carbocycles. The van der Waals surface area contributed by atoms with Crippen LogP contribution in [0.3, 0.4) is 0 Å². The van der Waals surface area contributed by atoms with E-state index in [9.17, 15) is 18.0 Å². The molecule has 2 aromatic rings. The van der Waals surface area contributed by atoms with Crippen LogP contribution in [0.2, 0.25) is 0 Å². The van der Waals surface area contributed by atoms with Crippen molar-refractivity contribution >= 4 is 5.91 Å². The average Bonchev–Trinajstić information content (AvgIpc) is 2.97. The van der Waals surface area contributed by atoms with Gasteiger partial charge in [0.2, 0.25) is 0 Å². The van der Waals surface area contributed by atoms with E-state index in [-0.39, 0.29) is 0 Å². The van der Waals surface area contributed by atoms with Crippen molar-refractivity contribution in [1.29, 1.82) is 0 Å². The normalized spacial score (nSPS) is 11.2. The molecule has 1 aromatic carbocycles. The topological polar surface area (TPSA) is 56.2 Å². The molecule has 8 heteroatoms. The van der Waals surface area contributed by atoms with Crippen LogP contribution in [-0.4, -0.2) is 35.0 Å². The number of hydrogen-bond donors (Lipinski definition) is 1. The smallest absolute Gasteiger partial charge is 0.405 e. The van der Waals surface area contributed by atoms with Crippen LogP contribution in [0, 0.1) is 0 Å². The van der Waals surface area contributed by atoms with E-state index in [0.717, 1.165) is 5.69 Å². The maximum absolute atomic E-state index is 11.9. The van der Waals surface area contributed by atoms with E-state index in [1.54, 1.807) is 52.7 Å². The van der Waals surface area contributed by atoms with Gasteiger partial charge in [-0.05, 0) is 30.3 Å². The number of hydrogen-bond acceptors (Lipinski definition) is 3. The molecule has 1 aromatic heterocycles. The summed E-state index contributed by atoms with van der Waals surface area (Å²) in [4.78, 5) is 11.2. The summed E-state index contributed by atoms with van der Waals surface area (Å²) < 4.78 is 42.4. The van der Waals surface area contributed by atoms with Gasteiger partial charge in [-0.25, -0.2) is 4.68 Å². The Balaban J connectivity index is 1.82. The summed E-state index contributed by atoms with van der Waals surface area (Å²) in [6.45, 7) is -1.84. The van der Waals surface area contributed by atoms with Crippen molar-refractivity contribution in [3.63, 3.8) is 0 Å². The minimum absolute atomic E-state index is 0.382. The Morgan fingerprint density at radius 3 is 2.57 bits per heavy atom. The molecule has 1 heterocycles. The van der Waals surface area contributed by atoms with Gasteiger partial charge in [0, 0.05) is 12.4 Å². The molecule has 0 unspecified atom stereocenters. The first kappa shape index (κ1) is 14.9. The molecule has 0 spiro atoms. The van der Waals surface area contributed by atoms with Gasteiger partial charge in [-0.1, -0.05) is 0 Å². The first-order chi connectivity index (χ1) is 9.94. The predicted octanol–water partition coefficient (Wildman–Crippen LogP) is 1.93. The maximum Gasteiger partial charge on any atom is 0.405 e. The lowest BCUT2D eigenvalue weighted by molar-refractivity contribution is -0.139. The van der Waals surface area contributed by atoms with E-state index in [2.05, 4.69) is 5.10 Å². The third kappa shape index (κ3) is 4.83. The molecule has 1 amide bonds. The molecule has 0 aliphatic carbocycles. The first-order valence-corrected chi connectivity index (χ1v) is 6.00. The number of carbonyl (C=O) groups is 1. The first-order valence-electron chi connectivity index (χ1n) is 6.00. The van der Waals surface area contributed by atoms with Crippen molar-refractivity contribution in [3.8, 4) is 11.4 Å². The number of halogens is 3. The lowest BCUT2D eigenvalue weighted by Gasteiger charge is -2.10. The number of rotatable bonds is 5. The number of amides is 1. The van der Waals surface area contributed by atoms with Crippen LogP contribution < -0.4 is 10.1 Å². The minimum Gasteiger partial charge on any atom is -0.484 e. The van der Waals surface area contributed by atoms with Gasteiger partial charge in [-0.15, -0.1) is 0 Å². The fourth-order valence-corrected chi connectivity index (χ4v) is 1.52. The molecule has 112 valence electrons. The predicted molar refractivity (Wildman–Crippen MR) is 68.1 cm³/mol. The van der Waals surface area contributed by atoms with Crippen molar-refractivity contribution in [3.05, 3.63) is 42.7 Å². The van der Waals surface area contributed by atoms with Crippen LogP contribution in [0.1, 0.15) is 0 Å². The molecular formula is C13H12F3N3O2. The second kappa shape index (κ2) is 6.29. The SMILES string of the molecule is O=C(COc1ccc(-n2cccn2)cc1)NCC(F)(F)F. The summed E-state index contributed by atoms with van der Waals surface area (Å²) in [5.41, 5.74) is 0.800. The van der Waals surface area contributed by atoms with Gasteiger partial charge in [0.15, 0.2) is 6.61 Å². The third-order valence-electron chi connectivity index (χ3n) is 2.46. The Hall–Kier alpha value is -2.51. The Bertz CT molecular complexity index is 580. The summed E-state index contributed by atoms with van der Waals surface area (Å²) >= 11 is 0. The van der Waals surface area contributed by atoms with E-state index >= 15 is 0 Å². The number of carbonyl (C=O) groups excluding carboxylic acids is 1. The molecule has 2 rings (SSSR count). The standard InChI is InChI=1S/C13H12F3N3O2/c14-13(15,16)9-17-12(20)8-21-11-4-2-10(3-5-11)19-7-1-6-18-19/h1-7H,8-9H2,(H,17,20). The van der Waals surface area contributed by atoms with Gasteiger partial charge in [-0.3, -0.25) is 4.79 Å². The molecule has 1 N–H and O–H groups in total. The van der Waals surface area contributed by atoms with E-state index in [4.69, 9.17) is 4.74 Å². The highest BCUT2D eigenvalue weighted by atomic mass is 19.4. The third-order valence-corrected chi connectivity index (χ3v) is 2.46. The number of nitrogens with zero attached hydrogens (tertiary/aromatic N) is 2. The van der Waals surface area contributed by atoms with Gasteiger partial charge in [-0.2, -0.15) is 18.3 Å². The van der Waals surface area contributed by atoms with Gasteiger partial charge in [0.25, 0.3) is 5.91 Å². The van der Waals surface area contributed by atoms with Crippen molar-refractivity contribution < 1.29 is 22.7 Å². The second-order valence-electron chi connectivity index (χ2n) is 4.13. The monoisotopic (exact) mass is 299 g/mol. The zero-order valence-corrected chi connectivity index (χ0v) is 10.8. The van der Waals surface area contributed by atoms with Crippen LogP contribution >= 0.6 is 0 Å². The van der Waals surface area contributed by atoms with E-state index in [1.807, 2.05) is 0 Å². The van der Waals surface area contributed by atoms with E-state index in [1.165, 1.54) is 0 Å². The van der Waals surface area contributed by atoms with Gasteiger partial charge < -0.3 is 10.1 Å². The van der Waals surface area contributed by atoms with E-state index < -0.39 is 25.2 Å². The van der Waals surface area contributed by atoms with E-state index in [0.29, 0.717) is 5.75 Å². The molecular weight excluding hydrogens is 287 g/mol. The molecule has 5 nitrogen and oxygen atoms in total. The lowest BCUT2D eigenvalue weighted by atomic mass is 10.3. The van der Waals surface area contributed by atoms with Gasteiger partial charge >= 0.3 is 6.18 Å². The van der Waals surface area contributed by atoms with Crippen LogP contribution in [-0.2, 0) is 4.79 Å². The van der Waals surface area contributed by atoms with Crippen LogP contribution in [0.5, 0.6) is 5.75 Å². The van der Waals surface area contributed by atoms with Crippen molar-refractivity contribution in [2.75, 3.05) is 13.2 Å². The highest BCUT2D eigenvalue weighted by Gasteiger charge is 2.27. The molecule has 0 fully saturated rings. The highest BCUT2D eigenvalue weighted by Crippen LogP contribution is 2.15. The van der Waals surface area contributed by atoms with Crippen LogP contribution in [0.4, 0.5) is 13.2 Å². The fraction of sp³-hybridized carbons (Fsp3) is 0.231. The number of benzene rings is 1. The van der Waals surface area contributed by atoms with Crippen molar-refractivity contribution in [2.24, 2.45) is 0 Å². The van der Waals surface area contributed by atoms with Crippen molar-refractivity contribution in [2.45, 2.75) is 6.18 Å². The maximum atomic E-state index is 11.9. The molecule has 0 saturated heterocycles. The molecule has 0 bridgehead atoms. The molecule has 21 heavy (non-hydrogen) atoms. The minimum atomic E-state index is -4.43. The number of alkyl halides is 3. The molecule has 0 aliphatic heterocycles. The van der Waals surface area contributed by atoms with Crippen LogP contribution in [0.15, 0.2) is 42.7 Å². The Morgan fingerprint density at radius 1 is 1.29 bits per heavy atom. The van der Waals surface area contributed by atoms with Crippen molar-refractivity contribution in [1.82, 2.24) is 15.1 Å². The highest BCUT2D eigenvalue weighted by molar-refractivity contribution is 5.77. The quantitative estimate of drug-likeness (QED) is 0.918. The summed E-state index contributed by atoms with van der Waals surface area (Å²) in [7, 11) is 0. The van der Waals surface area contributed by atoms with Gasteiger partial charge in [0.1, 0.15) is 12.3 Å². The summed E-state index contributed by atoms with van der Waals surface area (Å²) in [5, 5.41) is 5.77. The fourth-order valence-electron chi connectivity index (χ4n) is 1.52. The van der Waals surface area contributed by atoms with Crippen LogP contribution in [0.25, 0.3) is 5.69 Å². The molecule has 0 atom stereocenters. The molecule has 0 radical (unpaired) electrons. The number of aromatic nitrogens is 2. The Kier molecular flexibility index (Phi) is 4.46. The Labute approximate surface area is 118 Å². The molecule has 0 aliphatic rings. The lowest BCUT2D eigenvalue weighted by Crippen LogP contribution is -2.36. The van der Waals surface area contributed by atoms with Gasteiger partial charge in [0.05, 0.1) is 5.69 Å². The Morgan fingerprint density at radius 2 is 2.00 bits per heavy atom. The summed E-state index contributed by atoms with van der Waals surface area (Å²) in [6, 6.07) is 8.42. The summed E-state index contributed by atoms with van der Waals surface area (Å²) in [5.74, 6) is -0.448. The number of ether oxygens (including phenoxy) is 1. The number of nitrogens with one attached hydrogen (secondary N) is 1. The summed E-state index contributed by atoms with van der Waals surface area (Å²) in [6.07, 6.45) is -1.03. The zero-order valence-electron chi connectivity index (χ0n) is 10.8. The average molecular weight is 299 g/mol. The zero-order chi connectivity index (χ0) is 15.3. The largest absolute Gasteiger partial charge is 0.484 e. The second-order valence-corrected chi connectivity index (χ2v) is 4.13.